The van der Waals surface area contributed by atoms with Crippen molar-refractivity contribution in [1.29, 1.82) is 0 Å². The number of halogens is 1. The van der Waals surface area contributed by atoms with Crippen LogP contribution in [0.5, 0.6) is 0 Å². The molecule has 0 saturated carbocycles. The Kier molecular flexibility index (Phi) is 5.48. The lowest BCUT2D eigenvalue weighted by molar-refractivity contribution is 0.454. The summed E-state index contributed by atoms with van der Waals surface area (Å²) in [5.74, 6) is 0. The molecule has 19 heavy (non-hydrogen) atoms. The second-order valence-corrected chi connectivity index (χ2v) is 6.17. The zero-order valence-electron chi connectivity index (χ0n) is 11.0. The number of hydrogen-bond donors (Lipinski definition) is 1. The van der Waals surface area contributed by atoms with Crippen molar-refractivity contribution in [2.45, 2.75) is 36.4 Å². The molecule has 0 spiro atoms. The van der Waals surface area contributed by atoms with Crippen molar-refractivity contribution in [2.75, 3.05) is 6.54 Å². The van der Waals surface area contributed by atoms with Crippen LogP contribution in [0.25, 0.3) is 0 Å². The van der Waals surface area contributed by atoms with E-state index in [4.69, 9.17) is 4.42 Å². The Hall–Kier alpha value is -0.780. The van der Waals surface area contributed by atoms with Gasteiger partial charge < -0.3 is 9.73 Å². The molecule has 0 amide bonds. The van der Waals surface area contributed by atoms with Crippen molar-refractivity contribution < 1.29 is 4.42 Å². The molecule has 3 nitrogen and oxygen atoms in total. The minimum atomic E-state index is 0.301. The highest BCUT2D eigenvalue weighted by Crippen LogP contribution is 2.34. The van der Waals surface area contributed by atoms with Crippen molar-refractivity contribution in [3.63, 3.8) is 0 Å². The maximum Gasteiger partial charge on any atom is 0.260 e. The predicted molar refractivity (Wildman–Crippen MR) is 81.5 cm³/mol. The third-order valence-electron chi connectivity index (χ3n) is 2.75. The fourth-order valence-electron chi connectivity index (χ4n) is 1.78. The monoisotopic (exact) mass is 340 g/mol. The molecular weight excluding hydrogens is 324 g/mol. The smallest absolute Gasteiger partial charge is 0.260 e. The summed E-state index contributed by atoms with van der Waals surface area (Å²) in [6.45, 7) is 5.36. The molecule has 0 aliphatic rings. The summed E-state index contributed by atoms with van der Waals surface area (Å²) in [6, 6.07) is 6.59. The number of benzene rings is 1. The molecule has 1 aromatic carbocycles. The van der Waals surface area contributed by atoms with Crippen LogP contribution in [0, 0.1) is 0 Å². The molecule has 1 aromatic heterocycles. The van der Waals surface area contributed by atoms with Crippen molar-refractivity contribution >= 4 is 27.7 Å². The normalized spacial score (nSPS) is 12.6. The first kappa shape index (κ1) is 14.6. The second kappa shape index (κ2) is 7.12. The molecule has 2 aromatic rings. The Balaban J connectivity index is 2.22. The maximum atomic E-state index is 5.30. The SMILES string of the molecule is CCCNC(C)c1cc(Br)ccc1Sc1ncco1. The lowest BCUT2D eigenvalue weighted by Crippen LogP contribution is -2.19. The molecule has 0 saturated heterocycles. The van der Waals surface area contributed by atoms with E-state index < -0.39 is 0 Å². The van der Waals surface area contributed by atoms with Crippen molar-refractivity contribution in [3.05, 3.63) is 40.7 Å². The van der Waals surface area contributed by atoms with Gasteiger partial charge in [-0.1, -0.05) is 22.9 Å². The molecule has 0 aliphatic heterocycles. The fraction of sp³-hybridized carbons (Fsp3) is 0.357. The first-order valence-electron chi connectivity index (χ1n) is 6.31. The van der Waals surface area contributed by atoms with Crippen LogP contribution in [0.4, 0.5) is 0 Å². The second-order valence-electron chi connectivity index (χ2n) is 4.26. The lowest BCUT2D eigenvalue weighted by Gasteiger charge is -2.17. The van der Waals surface area contributed by atoms with Crippen LogP contribution in [-0.4, -0.2) is 11.5 Å². The largest absolute Gasteiger partial charge is 0.440 e. The Morgan fingerprint density at radius 3 is 3.00 bits per heavy atom. The van der Waals surface area contributed by atoms with Gasteiger partial charge in [-0.15, -0.1) is 0 Å². The Labute approximate surface area is 126 Å². The molecule has 1 N–H and O–H groups in total. The summed E-state index contributed by atoms with van der Waals surface area (Å²) in [5, 5.41) is 4.18. The van der Waals surface area contributed by atoms with Crippen LogP contribution < -0.4 is 5.32 Å². The average molecular weight is 341 g/mol. The molecule has 0 radical (unpaired) electrons. The maximum absolute atomic E-state index is 5.30. The molecule has 0 aliphatic carbocycles. The topological polar surface area (TPSA) is 38.1 Å². The number of aromatic nitrogens is 1. The van der Waals surface area contributed by atoms with Gasteiger partial charge in [0.2, 0.25) is 0 Å². The van der Waals surface area contributed by atoms with Gasteiger partial charge in [0.25, 0.3) is 5.22 Å². The zero-order valence-corrected chi connectivity index (χ0v) is 13.4. The van der Waals surface area contributed by atoms with E-state index in [2.05, 4.69) is 52.2 Å². The Morgan fingerprint density at radius 2 is 2.32 bits per heavy atom. The van der Waals surface area contributed by atoms with Crippen LogP contribution in [-0.2, 0) is 0 Å². The van der Waals surface area contributed by atoms with E-state index in [-0.39, 0.29) is 0 Å². The van der Waals surface area contributed by atoms with Crippen LogP contribution >= 0.6 is 27.7 Å². The first-order valence-corrected chi connectivity index (χ1v) is 7.92. The van der Waals surface area contributed by atoms with Crippen LogP contribution in [0.1, 0.15) is 31.9 Å². The van der Waals surface area contributed by atoms with Gasteiger partial charge in [0, 0.05) is 15.4 Å². The number of oxazole rings is 1. The highest BCUT2D eigenvalue weighted by Gasteiger charge is 2.13. The minimum Gasteiger partial charge on any atom is -0.440 e. The lowest BCUT2D eigenvalue weighted by atomic mass is 10.1. The summed E-state index contributed by atoms with van der Waals surface area (Å²) in [5.41, 5.74) is 1.26. The molecule has 0 fully saturated rings. The Morgan fingerprint density at radius 1 is 1.47 bits per heavy atom. The molecule has 1 heterocycles. The van der Waals surface area contributed by atoms with E-state index >= 15 is 0 Å². The van der Waals surface area contributed by atoms with Crippen molar-refractivity contribution in [2.24, 2.45) is 0 Å². The van der Waals surface area contributed by atoms with Gasteiger partial charge in [0.15, 0.2) is 0 Å². The summed E-state index contributed by atoms with van der Waals surface area (Å²) >= 11 is 5.09. The summed E-state index contributed by atoms with van der Waals surface area (Å²) in [6.07, 6.45) is 4.39. The molecule has 2 rings (SSSR count). The average Bonchev–Trinajstić information content (AvgIpc) is 2.91. The number of nitrogens with one attached hydrogen (secondary N) is 1. The van der Waals surface area contributed by atoms with E-state index in [0.29, 0.717) is 11.3 Å². The fourth-order valence-corrected chi connectivity index (χ4v) is 3.05. The zero-order chi connectivity index (χ0) is 13.7. The molecular formula is C14H17BrN2OS. The van der Waals surface area contributed by atoms with E-state index in [1.807, 2.05) is 6.07 Å². The predicted octanol–water partition coefficient (Wildman–Crippen LogP) is 4.65. The van der Waals surface area contributed by atoms with Crippen LogP contribution in [0.15, 0.2) is 49.7 Å². The summed E-state index contributed by atoms with van der Waals surface area (Å²) < 4.78 is 6.39. The van der Waals surface area contributed by atoms with E-state index in [1.165, 1.54) is 10.5 Å². The van der Waals surface area contributed by atoms with Crippen LogP contribution in [0.2, 0.25) is 0 Å². The summed E-state index contributed by atoms with van der Waals surface area (Å²) in [7, 11) is 0. The highest BCUT2D eigenvalue weighted by atomic mass is 79.9. The van der Waals surface area contributed by atoms with Gasteiger partial charge in [-0.25, -0.2) is 4.98 Å². The van der Waals surface area contributed by atoms with Crippen molar-refractivity contribution in [1.82, 2.24) is 10.3 Å². The van der Waals surface area contributed by atoms with Gasteiger partial charge in [0.05, 0.1) is 6.20 Å². The van der Waals surface area contributed by atoms with Gasteiger partial charge in [-0.05, 0) is 55.4 Å². The molecule has 1 unspecified atom stereocenters. The van der Waals surface area contributed by atoms with E-state index in [0.717, 1.165) is 17.4 Å². The van der Waals surface area contributed by atoms with Gasteiger partial charge in [-0.3, -0.25) is 0 Å². The molecule has 5 heteroatoms. The van der Waals surface area contributed by atoms with Gasteiger partial charge >= 0.3 is 0 Å². The van der Waals surface area contributed by atoms with E-state index in [9.17, 15) is 0 Å². The first-order chi connectivity index (χ1) is 9.20. The van der Waals surface area contributed by atoms with Crippen molar-refractivity contribution in [3.8, 4) is 0 Å². The Bertz CT molecular complexity index is 516. The van der Waals surface area contributed by atoms with Crippen LogP contribution in [0.3, 0.4) is 0 Å². The van der Waals surface area contributed by atoms with E-state index in [1.54, 1.807) is 24.2 Å². The number of nitrogens with zero attached hydrogens (tertiary/aromatic N) is 1. The van der Waals surface area contributed by atoms with Gasteiger partial charge in [0.1, 0.15) is 6.26 Å². The minimum absolute atomic E-state index is 0.301. The van der Waals surface area contributed by atoms with Gasteiger partial charge in [-0.2, -0.15) is 0 Å². The highest BCUT2D eigenvalue weighted by molar-refractivity contribution is 9.10. The molecule has 102 valence electrons. The third-order valence-corrected chi connectivity index (χ3v) is 4.21. The molecule has 0 bridgehead atoms. The third kappa shape index (κ3) is 4.09. The number of rotatable bonds is 6. The molecule has 1 atom stereocenters. The summed E-state index contributed by atoms with van der Waals surface area (Å²) in [4.78, 5) is 5.33. The number of hydrogen-bond acceptors (Lipinski definition) is 4. The standard InChI is InChI=1S/C14H17BrN2OS/c1-3-6-16-10(2)12-9-11(15)4-5-13(12)19-14-17-7-8-18-14/h4-5,7-10,16H,3,6H2,1-2H3. The quantitative estimate of drug-likeness (QED) is 0.830.